The zero-order valence-electron chi connectivity index (χ0n) is 9.67. The molecule has 2 aromatic heterocycles. The van der Waals surface area contributed by atoms with Gasteiger partial charge in [-0.25, -0.2) is 13.1 Å². The summed E-state index contributed by atoms with van der Waals surface area (Å²) in [5.41, 5.74) is 0.724. The largest absolute Gasteiger partial charge is 0.462 e. The van der Waals surface area contributed by atoms with Gasteiger partial charge in [-0.15, -0.1) is 0 Å². The molecule has 0 saturated carbocycles. The number of hydrogen-bond acceptors (Lipinski definition) is 5. The first-order valence-corrected chi connectivity index (χ1v) is 6.69. The van der Waals surface area contributed by atoms with Crippen LogP contribution < -0.4 is 4.72 Å². The number of nitrogens with zero attached hydrogens (tertiary/aromatic N) is 1. The second-order valence-corrected chi connectivity index (χ2v) is 5.46. The van der Waals surface area contributed by atoms with Crippen molar-refractivity contribution in [2.24, 2.45) is 0 Å². The molecule has 0 spiro atoms. The third-order valence-corrected chi connectivity index (χ3v) is 3.90. The van der Waals surface area contributed by atoms with Crippen molar-refractivity contribution in [3.8, 4) is 0 Å². The van der Waals surface area contributed by atoms with Gasteiger partial charge in [-0.05, 0) is 6.92 Å². The predicted molar refractivity (Wildman–Crippen MR) is 62.0 cm³/mol. The maximum Gasteiger partial charge on any atom is 0.244 e. The zero-order chi connectivity index (χ0) is 13.2. The number of rotatable bonds is 5. The van der Waals surface area contributed by atoms with Gasteiger partial charge in [0.05, 0.1) is 6.20 Å². The van der Waals surface area contributed by atoms with Crippen molar-refractivity contribution in [3.63, 3.8) is 0 Å². The van der Waals surface area contributed by atoms with Crippen molar-refractivity contribution in [2.45, 2.75) is 25.0 Å². The number of sulfonamides is 1. The molecular formula is C10H13N3O4S. The van der Waals surface area contributed by atoms with Crippen LogP contribution in [0.4, 0.5) is 0 Å². The molecule has 2 heterocycles. The number of hydrogen-bond donors (Lipinski definition) is 3. The normalized spacial score (nSPS) is 11.9. The average Bonchev–Trinajstić information content (AvgIpc) is 2.95. The number of aryl methyl sites for hydroxylation is 1. The summed E-state index contributed by atoms with van der Waals surface area (Å²) < 4.78 is 31.5. The van der Waals surface area contributed by atoms with E-state index < -0.39 is 10.0 Å². The monoisotopic (exact) mass is 271 g/mol. The topological polar surface area (TPSA) is 108 Å². The van der Waals surface area contributed by atoms with Crippen molar-refractivity contribution in [2.75, 3.05) is 0 Å². The molecular weight excluding hydrogens is 258 g/mol. The van der Waals surface area contributed by atoms with Crippen molar-refractivity contribution in [3.05, 3.63) is 35.5 Å². The smallest absolute Gasteiger partial charge is 0.244 e. The van der Waals surface area contributed by atoms with Gasteiger partial charge in [-0.1, -0.05) is 0 Å². The molecule has 0 radical (unpaired) electrons. The summed E-state index contributed by atoms with van der Waals surface area (Å²) in [5, 5.41) is 15.2. The molecule has 8 heteroatoms. The Morgan fingerprint density at radius 1 is 1.56 bits per heavy atom. The van der Waals surface area contributed by atoms with Crippen LogP contribution in [0.3, 0.4) is 0 Å². The van der Waals surface area contributed by atoms with E-state index in [1.807, 2.05) is 0 Å². The quantitative estimate of drug-likeness (QED) is 0.724. The number of aliphatic hydroxyl groups is 1. The minimum atomic E-state index is -3.65. The van der Waals surface area contributed by atoms with E-state index in [0.29, 0.717) is 0 Å². The van der Waals surface area contributed by atoms with Gasteiger partial charge in [0.15, 0.2) is 0 Å². The highest BCUT2D eigenvalue weighted by atomic mass is 32.2. The average molecular weight is 271 g/mol. The predicted octanol–water partition coefficient (Wildman–Crippen LogP) is 0.282. The molecule has 0 bridgehead atoms. The minimum Gasteiger partial charge on any atom is -0.462 e. The Bertz CT molecular complexity index is 616. The van der Waals surface area contributed by atoms with E-state index in [1.54, 1.807) is 6.20 Å². The molecule has 3 N–H and O–H groups in total. The minimum absolute atomic E-state index is 0.0371. The van der Waals surface area contributed by atoms with Crippen LogP contribution in [0.2, 0.25) is 0 Å². The van der Waals surface area contributed by atoms with E-state index in [-0.39, 0.29) is 29.6 Å². The highest BCUT2D eigenvalue weighted by Gasteiger charge is 2.20. The number of aromatic amines is 1. The van der Waals surface area contributed by atoms with E-state index in [9.17, 15) is 8.42 Å². The lowest BCUT2D eigenvalue weighted by molar-refractivity contribution is 0.244. The summed E-state index contributed by atoms with van der Waals surface area (Å²) in [5.74, 6) is 0.468. The molecule has 0 fully saturated rings. The van der Waals surface area contributed by atoms with Crippen LogP contribution in [-0.4, -0.2) is 23.7 Å². The van der Waals surface area contributed by atoms with Crippen molar-refractivity contribution in [1.29, 1.82) is 0 Å². The Kier molecular flexibility index (Phi) is 3.50. The molecule has 0 unspecified atom stereocenters. The lowest BCUT2D eigenvalue weighted by Gasteiger charge is -2.03. The highest BCUT2D eigenvalue weighted by molar-refractivity contribution is 7.89. The van der Waals surface area contributed by atoms with Crippen molar-refractivity contribution in [1.82, 2.24) is 14.9 Å². The molecule has 98 valence electrons. The Morgan fingerprint density at radius 3 is 2.89 bits per heavy atom. The number of H-pyrrole nitrogens is 1. The summed E-state index contributed by atoms with van der Waals surface area (Å²) >= 11 is 0. The van der Waals surface area contributed by atoms with Crippen LogP contribution in [0.15, 0.2) is 27.8 Å². The molecule has 0 aromatic carbocycles. The fourth-order valence-electron chi connectivity index (χ4n) is 1.50. The summed E-state index contributed by atoms with van der Waals surface area (Å²) in [6.07, 6.45) is 3.13. The highest BCUT2D eigenvalue weighted by Crippen LogP contribution is 2.20. The van der Waals surface area contributed by atoms with Gasteiger partial charge in [-0.3, -0.25) is 5.10 Å². The van der Waals surface area contributed by atoms with E-state index in [0.717, 1.165) is 5.56 Å². The van der Waals surface area contributed by atoms with E-state index in [2.05, 4.69) is 14.9 Å². The first-order chi connectivity index (χ1) is 8.53. The van der Waals surface area contributed by atoms with Crippen molar-refractivity contribution >= 4 is 10.0 Å². The third-order valence-electron chi connectivity index (χ3n) is 2.39. The first kappa shape index (κ1) is 12.8. The summed E-state index contributed by atoms with van der Waals surface area (Å²) in [6, 6.07) is 1.31. The van der Waals surface area contributed by atoms with Gasteiger partial charge in [0, 0.05) is 24.4 Å². The first-order valence-electron chi connectivity index (χ1n) is 5.20. The van der Waals surface area contributed by atoms with Crippen LogP contribution in [0, 0.1) is 6.92 Å². The van der Waals surface area contributed by atoms with Gasteiger partial charge in [-0.2, -0.15) is 5.10 Å². The Labute approximate surface area is 104 Å². The van der Waals surface area contributed by atoms with Gasteiger partial charge in [0.2, 0.25) is 10.0 Å². The van der Waals surface area contributed by atoms with Crippen LogP contribution in [0.25, 0.3) is 0 Å². The molecule has 0 saturated heterocycles. The molecule has 18 heavy (non-hydrogen) atoms. The van der Waals surface area contributed by atoms with E-state index in [4.69, 9.17) is 9.52 Å². The van der Waals surface area contributed by atoms with Gasteiger partial charge >= 0.3 is 0 Å². The lowest BCUT2D eigenvalue weighted by Crippen LogP contribution is -2.23. The van der Waals surface area contributed by atoms with Crippen LogP contribution in [-0.2, 0) is 23.2 Å². The maximum atomic E-state index is 12.0. The van der Waals surface area contributed by atoms with Gasteiger partial charge in [0.1, 0.15) is 23.0 Å². The summed E-state index contributed by atoms with van der Waals surface area (Å²) in [7, 11) is -3.65. The standard InChI is InChI=1S/C10H13N3O4S/c1-7-10(2-9(6-14)17-7)18(15,16)13-5-8-3-11-12-4-8/h2-4,13-14H,5-6H2,1H3,(H,11,12). The summed E-state index contributed by atoms with van der Waals surface area (Å²) in [6.45, 7) is 1.33. The molecule has 0 amide bonds. The Hall–Kier alpha value is -1.64. The number of nitrogens with one attached hydrogen (secondary N) is 2. The molecule has 0 aliphatic carbocycles. The number of aliphatic hydroxyl groups excluding tert-OH is 1. The van der Waals surface area contributed by atoms with Gasteiger partial charge in [0.25, 0.3) is 0 Å². The van der Waals surface area contributed by atoms with E-state index >= 15 is 0 Å². The van der Waals surface area contributed by atoms with Crippen LogP contribution in [0.1, 0.15) is 17.1 Å². The molecule has 0 atom stereocenters. The molecule has 7 nitrogen and oxygen atoms in total. The second kappa shape index (κ2) is 4.92. The molecule has 2 rings (SSSR count). The fourth-order valence-corrected chi connectivity index (χ4v) is 2.72. The number of furan rings is 1. The third kappa shape index (κ3) is 2.61. The Balaban J connectivity index is 2.17. The molecule has 2 aromatic rings. The van der Waals surface area contributed by atoms with Gasteiger partial charge < -0.3 is 9.52 Å². The second-order valence-electron chi connectivity index (χ2n) is 3.72. The van der Waals surface area contributed by atoms with Crippen molar-refractivity contribution < 1.29 is 17.9 Å². The fraction of sp³-hybridized carbons (Fsp3) is 0.300. The zero-order valence-corrected chi connectivity index (χ0v) is 10.5. The number of aromatic nitrogens is 2. The Morgan fingerprint density at radius 2 is 2.33 bits per heavy atom. The van der Waals surface area contributed by atoms with E-state index in [1.165, 1.54) is 19.2 Å². The molecule has 0 aliphatic rings. The molecule has 0 aliphatic heterocycles. The lowest BCUT2D eigenvalue weighted by atomic mass is 10.4. The summed E-state index contributed by atoms with van der Waals surface area (Å²) in [4.78, 5) is 0.0371. The SMILES string of the molecule is Cc1oc(CO)cc1S(=O)(=O)NCc1cn[nH]c1. The van der Waals surface area contributed by atoms with Crippen LogP contribution >= 0.6 is 0 Å². The maximum absolute atomic E-state index is 12.0. The van der Waals surface area contributed by atoms with Crippen LogP contribution in [0.5, 0.6) is 0 Å².